The van der Waals surface area contributed by atoms with Crippen molar-refractivity contribution < 1.29 is 22.8 Å². The molecule has 0 radical (unpaired) electrons. The van der Waals surface area contributed by atoms with Crippen LogP contribution in [0.3, 0.4) is 0 Å². The normalized spacial score (nSPS) is 18.1. The van der Waals surface area contributed by atoms with Crippen molar-refractivity contribution in [3.8, 4) is 11.8 Å². The van der Waals surface area contributed by atoms with Crippen LogP contribution in [0.25, 0.3) is 0 Å². The van der Waals surface area contributed by atoms with Crippen molar-refractivity contribution in [2.45, 2.75) is 32.4 Å². The van der Waals surface area contributed by atoms with Crippen LogP contribution in [0.4, 0.5) is 24.5 Å². The van der Waals surface area contributed by atoms with E-state index in [1.165, 1.54) is 10.9 Å². The van der Waals surface area contributed by atoms with Gasteiger partial charge in [0.25, 0.3) is 5.56 Å². The Kier molecular flexibility index (Phi) is 7.28. The molecule has 0 bridgehead atoms. The number of alkyl halides is 3. The zero-order valence-corrected chi connectivity index (χ0v) is 19.1. The number of aryl methyl sites for hydroxylation is 2. The maximum absolute atomic E-state index is 13.5. The number of nitrogens with one attached hydrogen (secondary N) is 1. The van der Waals surface area contributed by atoms with Gasteiger partial charge in [-0.25, -0.2) is 9.48 Å². The summed E-state index contributed by atoms with van der Waals surface area (Å²) in [6.07, 6.45) is -4.38. The van der Waals surface area contributed by atoms with Crippen LogP contribution in [0.5, 0.6) is 0 Å². The second kappa shape index (κ2) is 10.4. The summed E-state index contributed by atoms with van der Waals surface area (Å²) in [6.45, 7) is 4.04. The Hall–Kier alpha value is -3.56. The zero-order chi connectivity index (χ0) is 25.0. The highest BCUT2D eigenvalue weighted by molar-refractivity contribution is 5.81. The van der Waals surface area contributed by atoms with Crippen molar-refractivity contribution in [3.05, 3.63) is 52.4 Å². The summed E-state index contributed by atoms with van der Waals surface area (Å²) in [5.41, 5.74) is 0.594. The Morgan fingerprint density at radius 1 is 1.23 bits per heavy atom. The molecule has 1 aromatic heterocycles. The minimum atomic E-state index is -5.21. The standard InChI is InChI=1S/C23H25F3N6O3/c1-2-3-12-30-19-18(16-28-31(20(19)33)13-9-17-7-5-4-6-8-17)32(35-21(34)23(24,25)26)22(30)29-14-10-27-11-15-29/h4-8,16,22,27H,9-15H2,1H3. The van der Waals surface area contributed by atoms with Gasteiger partial charge in [-0.3, -0.25) is 9.69 Å². The first-order valence-electron chi connectivity index (χ1n) is 11.1. The zero-order valence-electron chi connectivity index (χ0n) is 19.1. The largest absolute Gasteiger partial charge is 0.493 e. The van der Waals surface area contributed by atoms with Crippen molar-refractivity contribution in [1.82, 2.24) is 20.0 Å². The highest BCUT2D eigenvalue weighted by Gasteiger charge is 2.49. The lowest BCUT2D eigenvalue weighted by molar-refractivity contribution is -0.203. The number of aromatic nitrogens is 2. The van der Waals surface area contributed by atoms with Gasteiger partial charge in [0.1, 0.15) is 11.4 Å². The van der Waals surface area contributed by atoms with Gasteiger partial charge in [0.05, 0.1) is 12.7 Å². The van der Waals surface area contributed by atoms with Crippen molar-refractivity contribution >= 4 is 17.3 Å². The second-order valence-electron chi connectivity index (χ2n) is 8.03. The van der Waals surface area contributed by atoms with Crippen LogP contribution < -0.4 is 20.8 Å². The smallest absolute Gasteiger partial charge is 0.329 e. The summed E-state index contributed by atoms with van der Waals surface area (Å²) in [5, 5.41) is 8.19. The Bertz CT molecular complexity index is 1170. The summed E-state index contributed by atoms with van der Waals surface area (Å²) in [5.74, 6) is 3.27. The van der Waals surface area contributed by atoms with Crippen LogP contribution in [0.2, 0.25) is 0 Å². The summed E-state index contributed by atoms with van der Waals surface area (Å²) in [4.78, 5) is 33.6. The topological polar surface area (TPSA) is 82.9 Å². The summed E-state index contributed by atoms with van der Waals surface area (Å²) in [6, 6.07) is 9.54. The van der Waals surface area contributed by atoms with Gasteiger partial charge in [0.2, 0.25) is 0 Å². The number of anilines is 2. The van der Waals surface area contributed by atoms with Gasteiger partial charge in [-0.15, -0.1) is 5.92 Å². The third-order valence-corrected chi connectivity index (χ3v) is 5.78. The molecule has 1 fully saturated rings. The van der Waals surface area contributed by atoms with Crippen molar-refractivity contribution in [2.75, 3.05) is 42.7 Å². The van der Waals surface area contributed by atoms with E-state index in [0.29, 0.717) is 32.6 Å². The Morgan fingerprint density at radius 3 is 2.60 bits per heavy atom. The first kappa shape index (κ1) is 24.6. The highest BCUT2D eigenvalue weighted by atomic mass is 19.4. The van der Waals surface area contributed by atoms with Gasteiger partial charge in [0, 0.05) is 32.7 Å². The molecule has 0 spiro atoms. The number of halogens is 3. The molecule has 0 amide bonds. The summed E-state index contributed by atoms with van der Waals surface area (Å²) in [7, 11) is 0. The average Bonchev–Trinajstić information content (AvgIpc) is 3.16. The van der Waals surface area contributed by atoms with Gasteiger partial charge >= 0.3 is 12.1 Å². The molecule has 2 aromatic rings. The third kappa shape index (κ3) is 5.26. The van der Waals surface area contributed by atoms with E-state index < -0.39 is 24.0 Å². The molecule has 0 aliphatic carbocycles. The van der Waals surface area contributed by atoms with Crippen molar-refractivity contribution in [2.24, 2.45) is 0 Å². The fraction of sp³-hybridized carbons (Fsp3) is 0.435. The molecule has 186 valence electrons. The van der Waals surface area contributed by atoms with Gasteiger partial charge in [0.15, 0.2) is 6.29 Å². The molecule has 1 aromatic carbocycles. The second-order valence-corrected chi connectivity index (χ2v) is 8.03. The Morgan fingerprint density at radius 2 is 1.94 bits per heavy atom. The Labute approximate surface area is 200 Å². The van der Waals surface area contributed by atoms with E-state index in [1.807, 2.05) is 35.2 Å². The predicted molar refractivity (Wildman–Crippen MR) is 122 cm³/mol. The number of piperazine rings is 1. The monoisotopic (exact) mass is 490 g/mol. The molecule has 1 saturated heterocycles. The Balaban J connectivity index is 1.74. The fourth-order valence-corrected chi connectivity index (χ4v) is 4.13. The number of carbonyl (C=O) groups excluding carboxylic acids is 1. The lowest BCUT2D eigenvalue weighted by Crippen LogP contribution is -2.61. The van der Waals surface area contributed by atoms with Crippen LogP contribution in [-0.4, -0.2) is 65.8 Å². The van der Waals surface area contributed by atoms with E-state index in [1.54, 1.807) is 11.8 Å². The molecular weight excluding hydrogens is 465 g/mol. The molecule has 0 saturated carbocycles. The molecule has 3 heterocycles. The maximum Gasteiger partial charge on any atom is 0.493 e. The molecule has 35 heavy (non-hydrogen) atoms. The molecule has 1 unspecified atom stereocenters. The average molecular weight is 490 g/mol. The molecule has 1 N–H and O–H groups in total. The van der Waals surface area contributed by atoms with E-state index in [2.05, 4.69) is 22.3 Å². The summed E-state index contributed by atoms with van der Waals surface area (Å²) < 4.78 is 40.6. The van der Waals surface area contributed by atoms with Crippen molar-refractivity contribution in [3.63, 3.8) is 0 Å². The van der Waals surface area contributed by atoms with E-state index in [0.717, 1.165) is 10.6 Å². The van der Waals surface area contributed by atoms with Crippen LogP contribution >= 0.6 is 0 Å². The number of carbonyl (C=O) groups is 1. The predicted octanol–water partition coefficient (Wildman–Crippen LogP) is 1.34. The number of benzene rings is 1. The minimum Gasteiger partial charge on any atom is -0.329 e. The number of hydrogen-bond acceptors (Lipinski definition) is 8. The molecule has 2 aliphatic heterocycles. The lowest BCUT2D eigenvalue weighted by Gasteiger charge is -2.40. The SMILES string of the molecule is CC#CCN1c2c(cnn(CCc3ccccc3)c2=O)N(OC(=O)C(F)(F)F)C1N1CCNCC1. The van der Waals surface area contributed by atoms with Crippen LogP contribution in [0.15, 0.2) is 41.3 Å². The van der Waals surface area contributed by atoms with Crippen LogP contribution in [-0.2, 0) is 22.6 Å². The minimum absolute atomic E-state index is 0.00926. The quantitative estimate of drug-likeness (QED) is 0.608. The molecule has 12 heteroatoms. The molecular formula is C23H25F3N6O3. The lowest BCUT2D eigenvalue weighted by atomic mass is 10.1. The number of rotatable bonds is 6. The maximum atomic E-state index is 13.5. The number of hydroxylamine groups is 1. The van der Waals surface area contributed by atoms with Gasteiger partial charge < -0.3 is 15.1 Å². The summed E-state index contributed by atoms with van der Waals surface area (Å²) >= 11 is 0. The van der Waals surface area contributed by atoms with E-state index in [-0.39, 0.29) is 24.5 Å². The van der Waals surface area contributed by atoms with E-state index >= 15 is 0 Å². The molecule has 9 nitrogen and oxygen atoms in total. The highest BCUT2D eigenvalue weighted by Crippen LogP contribution is 2.38. The molecule has 1 atom stereocenters. The van der Waals surface area contributed by atoms with E-state index in [4.69, 9.17) is 4.84 Å². The molecule has 4 rings (SSSR count). The van der Waals surface area contributed by atoms with Crippen LogP contribution in [0.1, 0.15) is 12.5 Å². The van der Waals surface area contributed by atoms with Gasteiger partial charge in [-0.2, -0.15) is 23.3 Å². The first-order valence-corrected chi connectivity index (χ1v) is 11.1. The number of nitrogens with zero attached hydrogens (tertiary/aromatic N) is 5. The van der Waals surface area contributed by atoms with Crippen LogP contribution in [0, 0.1) is 11.8 Å². The third-order valence-electron chi connectivity index (χ3n) is 5.78. The van der Waals surface area contributed by atoms with Crippen molar-refractivity contribution in [1.29, 1.82) is 0 Å². The number of fused-ring (bicyclic) bond motifs is 1. The van der Waals surface area contributed by atoms with E-state index in [9.17, 15) is 22.8 Å². The first-order chi connectivity index (χ1) is 16.8. The fourth-order valence-electron chi connectivity index (χ4n) is 4.13. The number of hydrogen-bond donors (Lipinski definition) is 1. The van der Waals surface area contributed by atoms with Gasteiger partial charge in [-0.05, 0) is 18.9 Å². The van der Waals surface area contributed by atoms with Gasteiger partial charge in [-0.1, -0.05) is 36.3 Å². The molecule has 2 aliphatic rings.